The van der Waals surface area contributed by atoms with Crippen molar-refractivity contribution in [3.63, 3.8) is 0 Å². The van der Waals surface area contributed by atoms with Gasteiger partial charge in [-0.3, -0.25) is 4.79 Å². The van der Waals surface area contributed by atoms with E-state index in [1.807, 2.05) is 32.0 Å². The Morgan fingerprint density at radius 2 is 2.08 bits per heavy atom. The number of hydrogen-bond donors (Lipinski definition) is 1. The lowest BCUT2D eigenvalue weighted by Crippen LogP contribution is -2.13. The van der Waals surface area contributed by atoms with Crippen LogP contribution in [0.3, 0.4) is 0 Å². The second kappa shape index (κ2) is 6.68. The summed E-state index contributed by atoms with van der Waals surface area (Å²) in [5.41, 5.74) is 3.07. The number of benzene rings is 1. The van der Waals surface area contributed by atoms with Crippen molar-refractivity contribution in [1.82, 2.24) is 19.8 Å². The van der Waals surface area contributed by atoms with Crippen LogP contribution >= 0.6 is 11.3 Å². The zero-order chi connectivity index (χ0) is 17.3. The third kappa shape index (κ3) is 3.46. The average Bonchev–Trinajstić information content (AvgIpc) is 3.08. The van der Waals surface area contributed by atoms with Crippen molar-refractivity contribution in [2.24, 2.45) is 0 Å². The molecule has 2 heterocycles. The summed E-state index contributed by atoms with van der Waals surface area (Å²) in [7, 11) is 0. The number of rotatable bonds is 5. The van der Waals surface area contributed by atoms with E-state index in [0.717, 1.165) is 32.6 Å². The van der Waals surface area contributed by atoms with Gasteiger partial charge in [0.2, 0.25) is 10.9 Å². The summed E-state index contributed by atoms with van der Waals surface area (Å²) in [5, 5.41) is 16.7. The molecule has 0 radical (unpaired) electrons. The quantitative estimate of drug-likeness (QED) is 0.769. The summed E-state index contributed by atoms with van der Waals surface area (Å²) in [6.45, 7) is 8.13. The lowest BCUT2D eigenvalue weighted by molar-refractivity contribution is -0.116. The molecule has 3 rings (SSSR count). The van der Waals surface area contributed by atoms with Crippen LogP contribution in [-0.2, 0) is 11.2 Å². The third-order valence-electron chi connectivity index (χ3n) is 3.81. The van der Waals surface area contributed by atoms with E-state index in [2.05, 4.69) is 34.5 Å². The van der Waals surface area contributed by atoms with Gasteiger partial charge >= 0.3 is 0 Å². The van der Waals surface area contributed by atoms with Crippen LogP contribution in [0, 0.1) is 13.8 Å². The monoisotopic (exact) mass is 343 g/mol. The Labute approximate surface area is 144 Å². The zero-order valence-corrected chi connectivity index (χ0v) is 15.1. The van der Waals surface area contributed by atoms with Gasteiger partial charge in [-0.1, -0.05) is 37.3 Å². The molecule has 7 heteroatoms. The maximum atomic E-state index is 12.2. The van der Waals surface area contributed by atoms with Crippen LogP contribution in [0.25, 0.3) is 4.96 Å². The Bertz CT molecular complexity index is 880. The molecule has 6 nitrogen and oxygen atoms in total. The highest BCUT2D eigenvalue weighted by Gasteiger charge is 2.15. The zero-order valence-electron chi connectivity index (χ0n) is 14.3. The highest BCUT2D eigenvalue weighted by Crippen LogP contribution is 2.20. The average molecular weight is 343 g/mol. The van der Waals surface area contributed by atoms with Crippen LogP contribution in [0.2, 0.25) is 0 Å². The summed E-state index contributed by atoms with van der Waals surface area (Å²) in [6, 6.07) is 6.04. The lowest BCUT2D eigenvalue weighted by Gasteiger charge is -2.08. The molecule has 3 aromatic rings. The highest BCUT2D eigenvalue weighted by atomic mass is 32.1. The molecule has 1 N–H and O–H groups in total. The van der Waals surface area contributed by atoms with Gasteiger partial charge in [0.15, 0.2) is 5.82 Å². The van der Waals surface area contributed by atoms with Crippen molar-refractivity contribution in [3.8, 4) is 0 Å². The van der Waals surface area contributed by atoms with Crippen molar-refractivity contribution in [1.29, 1.82) is 0 Å². The maximum Gasteiger partial charge on any atom is 0.234 e. The van der Waals surface area contributed by atoms with Crippen molar-refractivity contribution < 1.29 is 4.79 Å². The fourth-order valence-electron chi connectivity index (χ4n) is 2.44. The first kappa shape index (κ1) is 16.6. The van der Waals surface area contributed by atoms with E-state index in [0.29, 0.717) is 12.8 Å². The fraction of sp³-hybridized carbons (Fsp3) is 0.412. The normalized spacial score (nSPS) is 11.4. The molecule has 0 fully saturated rings. The third-order valence-corrected chi connectivity index (χ3v) is 4.76. The minimum atomic E-state index is -0.00116. The van der Waals surface area contributed by atoms with Crippen LogP contribution in [-0.4, -0.2) is 25.7 Å². The van der Waals surface area contributed by atoms with Crippen LogP contribution in [0.15, 0.2) is 18.2 Å². The molecule has 0 aliphatic carbocycles. The van der Waals surface area contributed by atoms with Gasteiger partial charge in [0, 0.05) is 24.4 Å². The number of amides is 1. The summed E-state index contributed by atoms with van der Waals surface area (Å²) >= 11 is 1.49. The molecule has 0 spiro atoms. The predicted octanol–water partition coefficient (Wildman–Crippen LogP) is 3.50. The SMILES string of the molecule is Cc1ccc(C)c(NC(=O)CCc2nn3c(C(C)C)nnc3s2)c1. The van der Waals surface area contributed by atoms with Gasteiger partial charge in [0.1, 0.15) is 5.01 Å². The molecular weight excluding hydrogens is 322 g/mol. The molecule has 0 aliphatic rings. The number of anilines is 1. The number of nitrogens with one attached hydrogen (secondary N) is 1. The van der Waals surface area contributed by atoms with Crippen molar-refractivity contribution in [2.45, 2.75) is 46.5 Å². The molecule has 24 heavy (non-hydrogen) atoms. The van der Waals surface area contributed by atoms with Crippen molar-refractivity contribution in [2.75, 3.05) is 5.32 Å². The Morgan fingerprint density at radius 1 is 1.29 bits per heavy atom. The Hall–Kier alpha value is -2.28. The number of hydrogen-bond acceptors (Lipinski definition) is 5. The minimum absolute atomic E-state index is 0.00116. The van der Waals surface area contributed by atoms with Crippen LogP contribution in [0.1, 0.15) is 48.1 Å². The summed E-state index contributed by atoms with van der Waals surface area (Å²) in [5.74, 6) is 1.12. The van der Waals surface area contributed by atoms with Gasteiger partial charge in [-0.25, -0.2) is 0 Å². The standard InChI is InChI=1S/C17H21N5OS/c1-10(2)16-19-20-17-22(16)21-15(24-17)8-7-14(23)18-13-9-11(3)5-6-12(13)4/h5-6,9-10H,7-8H2,1-4H3,(H,18,23). The molecule has 0 saturated carbocycles. The summed E-state index contributed by atoms with van der Waals surface area (Å²) < 4.78 is 1.78. The Balaban J connectivity index is 1.65. The van der Waals surface area contributed by atoms with E-state index in [4.69, 9.17) is 0 Å². The number of aryl methyl sites for hydroxylation is 3. The highest BCUT2D eigenvalue weighted by molar-refractivity contribution is 7.16. The van der Waals surface area contributed by atoms with E-state index in [-0.39, 0.29) is 11.8 Å². The molecule has 126 valence electrons. The molecular formula is C17H21N5OS. The van der Waals surface area contributed by atoms with Gasteiger partial charge in [-0.2, -0.15) is 9.61 Å². The Morgan fingerprint density at radius 3 is 2.83 bits per heavy atom. The van der Waals surface area contributed by atoms with E-state index in [9.17, 15) is 4.79 Å². The number of aromatic nitrogens is 4. The summed E-state index contributed by atoms with van der Waals surface area (Å²) in [4.78, 5) is 13.0. The number of carbonyl (C=O) groups excluding carboxylic acids is 1. The molecule has 1 aromatic carbocycles. The predicted molar refractivity (Wildman–Crippen MR) is 95.6 cm³/mol. The van der Waals surface area contributed by atoms with Gasteiger partial charge < -0.3 is 5.32 Å². The number of fused-ring (bicyclic) bond motifs is 1. The molecule has 1 amide bonds. The molecule has 0 atom stereocenters. The van der Waals surface area contributed by atoms with Gasteiger partial charge in [-0.15, -0.1) is 10.2 Å². The maximum absolute atomic E-state index is 12.2. The fourth-order valence-corrected chi connectivity index (χ4v) is 3.28. The van der Waals surface area contributed by atoms with Crippen LogP contribution in [0.4, 0.5) is 5.69 Å². The molecule has 0 aliphatic heterocycles. The van der Waals surface area contributed by atoms with Crippen molar-refractivity contribution in [3.05, 3.63) is 40.2 Å². The second-order valence-electron chi connectivity index (χ2n) is 6.27. The topological polar surface area (TPSA) is 72.2 Å². The van der Waals surface area contributed by atoms with Crippen LogP contribution < -0.4 is 5.32 Å². The summed E-state index contributed by atoms with van der Waals surface area (Å²) in [6.07, 6.45) is 0.997. The minimum Gasteiger partial charge on any atom is -0.326 e. The first-order chi connectivity index (χ1) is 11.4. The molecule has 0 saturated heterocycles. The van der Waals surface area contributed by atoms with Crippen LogP contribution in [0.5, 0.6) is 0 Å². The first-order valence-electron chi connectivity index (χ1n) is 8.02. The largest absolute Gasteiger partial charge is 0.326 e. The van der Waals surface area contributed by atoms with E-state index >= 15 is 0 Å². The smallest absolute Gasteiger partial charge is 0.234 e. The van der Waals surface area contributed by atoms with Gasteiger partial charge in [-0.05, 0) is 31.0 Å². The molecule has 0 bridgehead atoms. The lowest BCUT2D eigenvalue weighted by atomic mass is 10.1. The van der Waals surface area contributed by atoms with Gasteiger partial charge in [0.05, 0.1) is 0 Å². The molecule has 0 unspecified atom stereocenters. The van der Waals surface area contributed by atoms with Crippen molar-refractivity contribution >= 4 is 27.9 Å². The van der Waals surface area contributed by atoms with E-state index < -0.39 is 0 Å². The Kier molecular flexibility index (Phi) is 4.62. The first-order valence-corrected chi connectivity index (χ1v) is 8.84. The van der Waals surface area contributed by atoms with E-state index in [1.54, 1.807) is 4.52 Å². The molecule has 2 aromatic heterocycles. The number of carbonyl (C=O) groups is 1. The number of nitrogens with zero attached hydrogens (tertiary/aromatic N) is 4. The van der Waals surface area contributed by atoms with Gasteiger partial charge in [0.25, 0.3) is 0 Å². The van der Waals surface area contributed by atoms with E-state index in [1.165, 1.54) is 11.3 Å². The second-order valence-corrected chi connectivity index (χ2v) is 7.31.